The predicted octanol–water partition coefficient (Wildman–Crippen LogP) is -1.66. The van der Waals surface area contributed by atoms with E-state index in [2.05, 4.69) is 5.32 Å². The second-order valence-corrected chi connectivity index (χ2v) is 2.86. The fourth-order valence-corrected chi connectivity index (χ4v) is 1.41. The van der Waals surface area contributed by atoms with Crippen molar-refractivity contribution in [1.82, 2.24) is 5.32 Å². The van der Waals surface area contributed by atoms with E-state index in [1.54, 1.807) is 0 Å². The first-order valence-corrected chi connectivity index (χ1v) is 3.82. The molecular weight excluding hydrogens is 189 g/mol. The molecule has 0 spiro atoms. The quantitative estimate of drug-likeness (QED) is 0.468. The summed E-state index contributed by atoms with van der Waals surface area (Å²) in [5.74, 6) is -2.90. The molecule has 1 aliphatic rings. The minimum absolute atomic E-state index is 0. The van der Waals surface area contributed by atoms with E-state index in [1.807, 2.05) is 0 Å². The highest BCUT2D eigenvalue weighted by Gasteiger charge is 2.35. The van der Waals surface area contributed by atoms with Crippen LogP contribution >= 0.6 is 0 Å². The summed E-state index contributed by atoms with van der Waals surface area (Å²) in [6.07, 6.45) is 1.17. The standard InChI is InChI=1S/C7H11NO4.Al.3H/c9-6(10)4-2-1-3-8-5(4)7(11)12;;;;/h4-5,8H,1-3H2,(H,9,10)(H,11,12);;;;. The van der Waals surface area contributed by atoms with Crippen LogP contribution < -0.4 is 5.32 Å². The molecule has 0 amide bonds. The maximum atomic E-state index is 10.6. The number of nitrogens with one attached hydrogen (secondary N) is 1. The molecule has 3 N–H and O–H groups in total. The van der Waals surface area contributed by atoms with Crippen molar-refractivity contribution < 1.29 is 19.8 Å². The molecule has 1 rings (SSSR count). The van der Waals surface area contributed by atoms with E-state index in [9.17, 15) is 9.59 Å². The zero-order chi connectivity index (χ0) is 9.14. The average Bonchev–Trinajstić information content (AvgIpc) is 2.04. The van der Waals surface area contributed by atoms with E-state index < -0.39 is 23.9 Å². The number of piperidine rings is 1. The molecule has 6 heteroatoms. The third-order valence-corrected chi connectivity index (χ3v) is 2.04. The third-order valence-electron chi connectivity index (χ3n) is 2.04. The number of aliphatic carboxylic acids is 2. The van der Waals surface area contributed by atoms with Gasteiger partial charge in [0.1, 0.15) is 6.04 Å². The van der Waals surface area contributed by atoms with Crippen molar-refractivity contribution in [3.8, 4) is 0 Å². The Labute approximate surface area is 86.3 Å². The van der Waals surface area contributed by atoms with Crippen LogP contribution in [0.25, 0.3) is 0 Å². The predicted molar refractivity (Wildman–Crippen MR) is 49.7 cm³/mol. The summed E-state index contributed by atoms with van der Waals surface area (Å²) in [7, 11) is 0. The Hall–Kier alpha value is -0.568. The van der Waals surface area contributed by atoms with Crippen LogP contribution in [-0.2, 0) is 9.59 Å². The molecule has 0 radical (unpaired) electrons. The molecule has 0 aromatic heterocycles. The van der Waals surface area contributed by atoms with E-state index in [0.717, 1.165) is 6.42 Å². The van der Waals surface area contributed by atoms with Gasteiger partial charge in [0.2, 0.25) is 0 Å². The molecule has 2 atom stereocenters. The van der Waals surface area contributed by atoms with Gasteiger partial charge in [0, 0.05) is 0 Å². The highest BCUT2D eigenvalue weighted by Crippen LogP contribution is 2.16. The number of carboxylic acid groups (broad SMARTS) is 2. The van der Waals surface area contributed by atoms with Gasteiger partial charge in [0.25, 0.3) is 0 Å². The van der Waals surface area contributed by atoms with E-state index in [0.29, 0.717) is 13.0 Å². The minimum atomic E-state index is -1.08. The monoisotopic (exact) mass is 203 g/mol. The van der Waals surface area contributed by atoms with Crippen LogP contribution in [0, 0.1) is 5.92 Å². The van der Waals surface area contributed by atoms with Crippen molar-refractivity contribution in [3.05, 3.63) is 0 Å². The second-order valence-electron chi connectivity index (χ2n) is 2.86. The van der Waals surface area contributed by atoms with Gasteiger partial charge in [-0.3, -0.25) is 9.59 Å². The van der Waals surface area contributed by atoms with Crippen LogP contribution in [0.15, 0.2) is 0 Å². The largest absolute Gasteiger partial charge is 0.481 e. The van der Waals surface area contributed by atoms with Crippen molar-refractivity contribution >= 4 is 29.3 Å². The van der Waals surface area contributed by atoms with Crippen LogP contribution in [0.2, 0.25) is 0 Å². The van der Waals surface area contributed by atoms with Gasteiger partial charge >= 0.3 is 11.9 Å². The number of carbonyl (C=O) groups is 2. The molecule has 0 aromatic carbocycles. The minimum Gasteiger partial charge on any atom is -0.481 e. The van der Waals surface area contributed by atoms with Gasteiger partial charge < -0.3 is 15.5 Å². The summed E-state index contributed by atoms with van der Waals surface area (Å²) in [4.78, 5) is 21.1. The van der Waals surface area contributed by atoms with E-state index in [1.165, 1.54) is 0 Å². The lowest BCUT2D eigenvalue weighted by Gasteiger charge is -2.26. The SMILES string of the molecule is O=C(O)C1CCCNC1C(=O)O.[AlH3]. The Kier molecular flexibility index (Phi) is 5.00. The first-order valence-electron chi connectivity index (χ1n) is 3.82. The summed E-state index contributed by atoms with van der Waals surface area (Å²) < 4.78 is 0. The van der Waals surface area contributed by atoms with Crippen molar-refractivity contribution in [2.45, 2.75) is 18.9 Å². The lowest BCUT2D eigenvalue weighted by molar-refractivity contribution is -0.152. The van der Waals surface area contributed by atoms with E-state index in [4.69, 9.17) is 10.2 Å². The zero-order valence-electron chi connectivity index (χ0n) is 6.49. The molecule has 1 fully saturated rings. The lowest BCUT2D eigenvalue weighted by atomic mass is 9.91. The lowest BCUT2D eigenvalue weighted by Crippen LogP contribution is -2.49. The zero-order valence-corrected chi connectivity index (χ0v) is 6.49. The molecule has 0 aliphatic carbocycles. The number of rotatable bonds is 2. The molecule has 0 bridgehead atoms. The fourth-order valence-electron chi connectivity index (χ4n) is 1.41. The topological polar surface area (TPSA) is 86.6 Å². The molecule has 1 heterocycles. The van der Waals surface area contributed by atoms with Crippen molar-refractivity contribution in [2.75, 3.05) is 6.54 Å². The van der Waals surface area contributed by atoms with Crippen molar-refractivity contribution in [3.63, 3.8) is 0 Å². The van der Waals surface area contributed by atoms with E-state index in [-0.39, 0.29) is 17.4 Å². The molecule has 1 aliphatic heterocycles. The molecule has 1 saturated heterocycles. The Morgan fingerprint density at radius 3 is 2.23 bits per heavy atom. The molecule has 5 nitrogen and oxygen atoms in total. The number of carboxylic acids is 2. The van der Waals surface area contributed by atoms with Gasteiger partial charge in [-0.05, 0) is 19.4 Å². The van der Waals surface area contributed by atoms with Gasteiger partial charge in [0.15, 0.2) is 17.4 Å². The van der Waals surface area contributed by atoms with Crippen molar-refractivity contribution in [2.24, 2.45) is 5.92 Å². The van der Waals surface area contributed by atoms with Crippen LogP contribution in [0.3, 0.4) is 0 Å². The molecule has 0 aromatic rings. The molecular formula is C7H14AlNO4. The maximum Gasteiger partial charge on any atom is 0.321 e. The first-order chi connectivity index (χ1) is 5.63. The smallest absolute Gasteiger partial charge is 0.321 e. The normalized spacial score (nSPS) is 27.4. The third kappa shape index (κ3) is 2.99. The van der Waals surface area contributed by atoms with Crippen LogP contribution in [-0.4, -0.2) is 52.1 Å². The summed E-state index contributed by atoms with van der Waals surface area (Å²) in [6.45, 7) is 0.584. The molecule has 13 heavy (non-hydrogen) atoms. The van der Waals surface area contributed by atoms with Gasteiger partial charge in [-0.1, -0.05) is 0 Å². The maximum absolute atomic E-state index is 10.6. The molecule has 0 saturated carbocycles. The summed E-state index contributed by atoms with van der Waals surface area (Å²) >= 11 is 0. The van der Waals surface area contributed by atoms with Gasteiger partial charge in [-0.2, -0.15) is 0 Å². The van der Waals surface area contributed by atoms with Crippen LogP contribution in [0.5, 0.6) is 0 Å². The number of hydrogen-bond donors (Lipinski definition) is 3. The summed E-state index contributed by atoms with van der Waals surface area (Å²) in [5, 5.41) is 20.0. The summed E-state index contributed by atoms with van der Waals surface area (Å²) in [5.41, 5.74) is 0. The van der Waals surface area contributed by atoms with Crippen LogP contribution in [0.1, 0.15) is 12.8 Å². The Morgan fingerprint density at radius 1 is 1.23 bits per heavy atom. The van der Waals surface area contributed by atoms with Crippen molar-refractivity contribution in [1.29, 1.82) is 0 Å². The number of hydrogen-bond acceptors (Lipinski definition) is 3. The Balaban J connectivity index is 0.00000144. The van der Waals surface area contributed by atoms with E-state index >= 15 is 0 Å². The van der Waals surface area contributed by atoms with Crippen LogP contribution in [0.4, 0.5) is 0 Å². The Morgan fingerprint density at radius 2 is 1.85 bits per heavy atom. The molecule has 74 valence electrons. The average molecular weight is 203 g/mol. The highest BCUT2D eigenvalue weighted by molar-refractivity contribution is 5.82. The van der Waals surface area contributed by atoms with Gasteiger partial charge in [-0.25, -0.2) is 0 Å². The Bertz CT molecular complexity index is 187. The molecule has 2 unspecified atom stereocenters. The highest BCUT2D eigenvalue weighted by atomic mass is 27.0. The first kappa shape index (κ1) is 12.4. The summed E-state index contributed by atoms with van der Waals surface area (Å²) in [6, 6.07) is -0.920. The van der Waals surface area contributed by atoms with Gasteiger partial charge in [-0.15, -0.1) is 0 Å². The fraction of sp³-hybridized carbons (Fsp3) is 0.714. The second kappa shape index (κ2) is 5.22. The van der Waals surface area contributed by atoms with Gasteiger partial charge in [0.05, 0.1) is 5.92 Å².